The number of benzene rings is 2. The van der Waals surface area contributed by atoms with Crippen LogP contribution in [0.3, 0.4) is 0 Å². The number of nitrogens with zero attached hydrogens (tertiary/aromatic N) is 1. The zero-order valence-corrected chi connectivity index (χ0v) is 11.8. The van der Waals surface area contributed by atoms with Crippen LogP contribution in [-0.4, -0.2) is 24.3 Å². The number of hydrogen-bond donors (Lipinski definition) is 0. The lowest BCUT2D eigenvalue weighted by Crippen LogP contribution is -2.26. The summed E-state index contributed by atoms with van der Waals surface area (Å²) in [7, 11) is 1.86. The van der Waals surface area contributed by atoms with Gasteiger partial charge in [-0.3, -0.25) is 9.69 Å². The molecule has 0 saturated heterocycles. The highest BCUT2D eigenvalue weighted by Crippen LogP contribution is 2.10. The molecule has 0 radical (unpaired) electrons. The Kier molecular flexibility index (Phi) is 4.64. The molecule has 20 heavy (non-hydrogen) atoms. The molecule has 2 aromatic rings. The summed E-state index contributed by atoms with van der Waals surface area (Å²) >= 11 is 0. The summed E-state index contributed by atoms with van der Waals surface area (Å²) in [6, 6.07) is 14.3. The van der Waals surface area contributed by atoms with Gasteiger partial charge in [0.05, 0.1) is 12.1 Å². The number of hydrogen-bond acceptors (Lipinski definition) is 2. The predicted octanol–water partition coefficient (Wildman–Crippen LogP) is 3.45. The minimum absolute atomic E-state index is 0.156. The van der Waals surface area contributed by atoms with Crippen molar-refractivity contribution < 1.29 is 9.18 Å². The van der Waals surface area contributed by atoms with Crippen LogP contribution >= 0.6 is 0 Å². The molecule has 0 heterocycles. The van der Waals surface area contributed by atoms with Crippen molar-refractivity contribution in [1.29, 1.82) is 0 Å². The average molecular weight is 271 g/mol. The van der Waals surface area contributed by atoms with Crippen molar-refractivity contribution in [3.63, 3.8) is 0 Å². The van der Waals surface area contributed by atoms with E-state index in [0.29, 0.717) is 6.54 Å². The third-order valence-corrected chi connectivity index (χ3v) is 3.16. The maximum Gasteiger partial charge on any atom is 0.179 e. The fourth-order valence-corrected chi connectivity index (χ4v) is 2.08. The molecule has 0 N–H and O–H groups in total. The summed E-state index contributed by atoms with van der Waals surface area (Å²) in [4.78, 5) is 13.9. The highest BCUT2D eigenvalue weighted by Gasteiger charge is 2.13. The summed E-state index contributed by atoms with van der Waals surface area (Å²) in [5, 5.41) is 0. The van der Waals surface area contributed by atoms with Gasteiger partial charge in [-0.1, -0.05) is 42.0 Å². The lowest BCUT2D eigenvalue weighted by atomic mass is 10.1. The van der Waals surface area contributed by atoms with Crippen molar-refractivity contribution in [2.24, 2.45) is 0 Å². The van der Waals surface area contributed by atoms with Gasteiger partial charge in [0.15, 0.2) is 5.78 Å². The normalized spacial score (nSPS) is 10.8. The summed E-state index contributed by atoms with van der Waals surface area (Å²) in [5.74, 6) is -0.654. The second-order valence-corrected chi connectivity index (χ2v) is 5.06. The second-order valence-electron chi connectivity index (χ2n) is 5.06. The molecule has 0 saturated carbocycles. The zero-order valence-electron chi connectivity index (χ0n) is 11.8. The Balaban J connectivity index is 1.98. The van der Waals surface area contributed by atoms with Gasteiger partial charge in [-0.25, -0.2) is 4.39 Å². The Labute approximate surface area is 118 Å². The van der Waals surface area contributed by atoms with Crippen molar-refractivity contribution in [3.8, 4) is 0 Å². The maximum atomic E-state index is 13.5. The van der Waals surface area contributed by atoms with Gasteiger partial charge in [0.25, 0.3) is 0 Å². The molecule has 0 aliphatic heterocycles. The zero-order chi connectivity index (χ0) is 14.5. The third-order valence-electron chi connectivity index (χ3n) is 3.16. The molecule has 2 aromatic carbocycles. The van der Waals surface area contributed by atoms with E-state index < -0.39 is 5.82 Å². The molecular formula is C17H18FNO. The fraction of sp³-hybridized carbons (Fsp3) is 0.235. The minimum Gasteiger partial charge on any atom is -0.295 e. The second kappa shape index (κ2) is 6.44. The molecule has 3 heteroatoms. The molecule has 0 bridgehead atoms. The molecule has 0 aliphatic carbocycles. The lowest BCUT2D eigenvalue weighted by molar-refractivity contribution is 0.0939. The standard InChI is InChI=1S/C17H18FNO/c1-13-7-9-14(10-8-13)11-19(2)12-17(20)15-5-3-4-6-16(15)18/h3-10H,11-12H2,1-2H3. The van der Waals surface area contributed by atoms with Crippen LogP contribution in [0.15, 0.2) is 48.5 Å². The van der Waals surface area contributed by atoms with Crippen molar-refractivity contribution in [1.82, 2.24) is 4.90 Å². The van der Waals surface area contributed by atoms with E-state index in [9.17, 15) is 9.18 Å². The molecule has 0 unspecified atom stereocenters. The number of likely N-dealkylation sites (N-methyl/N-ethyl adjacent to an activating group) is 1. The first kappa shape index (κ1) is 14.4. The largest absolute Gasteiger partial charge is 0.295 e. The van der Waals surface area contributed by atoms with E-state index in [2.05, 4.69) is 0 Å². The van der Waals surface area contributed by atoms with Crippen LogP contribution in [0.1, 0.15) is 21.5 Å². The molecule has 0 amide bonds. The van der Waals surface area contributed by atoms with E-state index in [1.165, 1.54) is 17.7 Å². The van der Waals surface area contributed by atoms with E-state index >= 15 is 0 Å². The average Bonchev–Trinajstić information content (AvgIpc) is 2.41. The fourth-order valence-electron chi connectivity index (χ4n) is 2.08. The number of ketones is 1. The Morgan fingerprint density at radius 1 is 1.10 bits per heavy atom. The van der Waals surface area contributed by atoms with Crippen LogP contribution in [0.4, 0.5) is 4.39 Å². The van der Waals surface area contributed by atoms with Crippen molar-refractivity contribution in [3.05, 3.63) is 71.0 Å². The number of Topliss-reactive ketones (excluding diaryl/α,β-unsaturated/α-hetero) is 1. The molecule has 2 nitrogen and oxygen atoms in total. The number of rotatable bonds is 5. The van der Waals surface area contributed by atoms with E-state index in [4.69, 9.17) is 0 Å². The Morgan fingerprint density at radius 2 is 1.75 bits per heavy atom. The van der Waals surface area contributed by atoms with Crippen LogP contribution in [0.5, 0.6) is 0 Å². The van der Waals surface area contributed by atoms with Gasteiger partial charge in [0.1, 0.15) is 5.82 Å². The quantitative estimate of drug-likeness (QED) is 0.776. The van der Waals surface area contributed by atoms with Gasteiger partial charge in [0.2, 0.25) is 0 Å². The highest BCUT2D eigenvalue weighted by atomic mass is 19.1. The van der Waals surface area contributed by atoms with Crippen molar-refractivity contribution in [2.45, 2.75) is 13.5 Å². The molecule has 0 aliphatic rings. The van der Waals surface area contributed by atoms with E-state index in [0.717, 1.165) is 5.56 Å². The number of halogens is 1. The third kappa shape index (κ3) is 3.75. The van der Waals surface area contributed by atoms with Gasteiger partial charge in [-0.2, -0.15) is 0 Å². The number of carbonyl (C=O) groups is 1. The topological polar surface area (TPSA) is 20.3 Å². The SMILES string of the molecule is Cc1ccc(CN(C)CC(=O)c2ccccc2F)cc1. The monoisotopic (exact) mass is 271 g/mol. The van der Waals surface area contributed by atoms with Crippen LogP contribution in [0.25, 0.3) is 0 Å². The van der Waals surface area contributed by atoms with Crippen LogP contribution in [-0.2, 0) is 6.54 Å². The van der Waals surface area contributed by atoms with E-state index in [1.54, 1.807) is 12.1 Å². The van der Waals surface area contributed by atoms with Crippen molar-refractivity contribution in [2.75, 3.05) is 13.6 Å². The highest BCUT2D eigenvalue weighted by molar-refractivity contribution is 5.97. The number of aryl methyl sites for hydroxylation is 1. The van der Waals surface area contributed by atoms with Gasteiger partial charge in [-0.15, -0.1) is 0 Å². The summed E-state index contributed by atoms with van der Waals surface area (Å²) in [6.07, 6.45) is 0. The Morgan fingerprint density at radius 3 is 2.40 bits per heavy atom. The van der Waals surface area contributed by atoms with Crippen LogP contribution in [0.2, 0.25) is 0 Å². The first-order valence-electron chi connectivity index (χ1n) is 6.58. The van der Waals surface area contributed by atoms with E-state index in [-0.39, 0.29) is 17.9 Å². The molecule has 0 fully saturated rings. The number of carbonyl (C=O) groups excluding carboxylic acids is 1. The van der Waals surface area contributed by atoms with Gasteiger partial charge >= 0.3 is 0 Å². The molecular weight excluding hydrogens is 253 g/mol. The van der Waals surface area contributed by atoms with Gasteiger partial charge in [-0.05, 0) is 31.7 Å². The lowest BCUT2D eigenvalue weighted by Gasteiger charge is -2.16. The Bertz CT molecular complexity index is 592. The summed E-state index contributed by atoms with van der Waals surface area (Å²) in [6.45, 7) is 2.91. The van der Waals surface area contributed by atoms with Crippen LogP contribution in [0, 0.1) is 12.7 Å². The Hall–Kier alpha value is -2.00. The molecule has 104 valence electrons. The molecule has 0 spiro atoms. The molecule has 0 aromatic heterocycles. The van der Waals surface area contributed by atoms with Crippen molar-refractivity contribution >= 4 is 5.78 Å². The molecule has 0 atom stereocenters. The predicted molar refractivity (Wildman–Crippen MR) is 78.2 cm³/mol. The smallest absolute Gasteiger partial charge is 0.179 e. The minimum atomic E-state index is -0.457. The maximum absolute atomic E-state index is 13.5. The first-order valence-corrected chi connectivity index (χ1v) is 6.58. The first-order chi connectivity index (χ1) is 9.56. The summed E-state index contributed by atoms with van der Waals surface area (Å²) in [5.41, 5.74) is 2.50. The van der Waals surface area contributed by atoms with Gasteiger partial charge in [0, 0.05) is 6.54 Å². The van der Waals surface area contributed by atoms with Gasteiger partial charge < -0.3 is 0 Å². The summed E-state index contributed by atoms with van der Waals surface area (Å²) < 4.78 is 13.5. The molecule has 2 rings (SSSR count). The van der Waals surface area contributed by atoms with Crippen LogP contribution < -0.4 is 0 Å². The van der Waals surface area contributed by atoms with E-state index in [1.807, 2.05) is 43.1 Å².